The molecule has 6 nitrogen and oxygen atoms in total. The molecule has 0 aromatic carbocycles. The number of aromatic nitrogens is 3. The summed E-state index contributed by atoms with van der Waals surface area (Å²) in [4.78, 5) is 15.6. The molecule has 0 atom stereocenters. The Hall–Kier alpha value is -1.73. The summed E-state index contributed by atoms with van der Waals surface area (Å²) >= 11 is 1.77. The van der Waals surface area contributed by atoms with Crippen LogP contribution in [-0.2, 0) is 30.7 Å². The lowest BCUT2D eigenvalue weighted by atomic mass is 10.1. The van der Waals surface area contributed by atoms with Gasteiger partial charge in [-0.2, -0.15) is 0 Å². The summed E-state index contributed by atoms with van der Waals surface area (Å²) in [5, 5.41) is 10.1. The Labute approximate surface area is 121 Å². The van der Waals surface area contributed by atoms with Crippen LogP contribution in [-0.4, -0.2) is 38.9 Å². The molecular formula is C13H17N5OS. The first kappa shape index (κ1) is 13.3. The van der Waals surface area contributed by atoms with Crippen molar-refractivity contribution in [2.75, 3.05) is 13.1 Å². The lowest BCUT2D eigenvalue weighted by Gasteiger charge is -2.26. The molecule has 20 heavy (non-hydrogen) atoms. The summed E-state index contributed by atoms with van der Waals surface area (Å²) in [6, 6.07) is 2.11. The van der Waals surface area contributed by atoms with Gasteiger partial charge in [0.25, 0.3) is 0 Å². The summed E-state index contributed by atoms with van der Waals surface area (Å²) in [5.41, 5.74) is 7.58. The molecule has 0 radical (unpaired) electrons. The molecule has 0 unspecified atom stereocenters. The number of nitrogens with two attached hydrogens (primary N) is 1. The standard InChI is InChI=1S/C13H17N5OS/c14-4-1-11-8-18(16-15-11)9-13(19)17-5-2-12-10(7-17)3-6-20-12/h3,6,8H,1-2,4-5,7,9,14H2. The van der Waals surface area contributed by atoms with Gasteiger partial charge in [0.05, 0.1) is 5.69 Å². The van der Waals surface area contributed by atoms with E-state index in [-0.39, 0.29) is 12.5 Å². The van der Waals surface area contributed by atoms with Crippen LogP contribution in [0, 0.1) is 0 Å². The van der Waals surface area contributed by atoms with Crippen LogP contribution in [0.4, 0.5) is 0 Å². The molecule has 106 valence electrons. The predicted octanol–water partition coefficient (Wildman–Crippen LogP) is 0.426. The largest absolute Gasteiger partial charge is 0.336 e. The van der Waals surface area contributed by atoms with Crippen molar-refractivity contribution in [2.45, 2.75) is 25.9 Å². The van der Waals surface area contributed by atoms with Gasteiger partial charge in [0.15, 0.2) is 0 Å². The third kappa shape index (κ3) is 2.73. The number of hydrogen-bond acceptors (Lipinski definition) is 5. The SMILES string of the molecule is NCCc1cn(CC(=O)N2CCc3sccc3C2)nn1. The highest BCUT2D eigenvalue weighted by Gasteiger charge is 2.21. The van der Waals surface area contributed by atoms with Crippen LogP contribution < -0.4 is 5.73 Å². The van der Waals surface area contributed by atoms with Gasteiger partial charge in [0, 0.05) is 30.6 Å². The molecule has 0 saturated heterocycles. The van der Waals surface area contributed by atoms with Gasteiger partial charge in [0.2, 0.25) is 5.91 Å². The molecule has 2 aromatic rings. The van der Waals surface area contributed by atoms with E-state index in [9.17, 15) is 4.79 Å². The van der Waals surface area contributed by atoms with E-state index in [0.717, 1.165) is 18.7 Å². The minimum atomic E-state index is 0.0889. The van der Waals surface area contributed by atoms with E-state index in [2.05, 4.69) is 21.8 Å². The van der Waals surface area contributed by atoms with E-state index in [0.29, 0.717) is 19.5 Å². The third-order valence-electron chi connectivity index (χ3n) is 3.44. The average Bonchev–Trinajstić information content (AvgIpc) is 3.07. The fourth-order valence-corrected chi connectivity index (χ4v) is 3.27. The number of carbonyl (C=O) groups excluding carboxylic acids is 1. The highest BCUT2D eigenvalue weighted by molar-refractivity contribution is 7.10. The van der Waals surface area contributed by atoms with Crippen molar-refractivity contribution in [1.29, 1.82) is 0 Å². The fourth-order valence-electron chi connectivity index (χ4n) is 2.38. The molecule has 0 spiro atoms. The summed E-state index contributed by atoms with van der Waals surface area (Å²) in [7, 11) is 0. The van der Waals surface area contributed by atoms with Crippen LogP contribution in [0.25, 0.3) is 0 Å². The third-order valence-corrected chi connectivity index (χ3v) is 4.47. The van der Waals surface area contributed by atoms with Crippen LogP contribution in [0.1, 0.15) is 16.1 Å². The van der Waals surface area contributed by atoms with E-state index < -0.39 is 0 Å². The Balaban J connectivity index is 1.62. The predicted molar refractivity (Wildman–Crippen MR) is 76.2 cm³/mol. The van der Waals surface area contributed by atoms with Crippen molar-refractivity contribution in [3.05, 3.63) is 33.8 Å². The van der Waals surface area contributed by atoms with Crippen molar-refractivity contribution in [3.8, 4) is 0 Å². The maximum atomic E-state index is 12.3. The lowest BCUT2D eigenvalue weighted by molar-refractivity contribution is -0.133. The summed E-state index contributed by atoms with van der Waals surface area (Å²) < 4.78 is 1.59. The average molecular weight is 291 g/mol. The topological polar surface area (TPSA) is 77.0 Å². The van der Waals surface area contributed by atoms with Crippen molar-refractivity contribution in [2.24, 2.45) is 5.73 Å². The molecular weight excluding hydrogens is 274 g/mol. The number of amides is 1. The summed E-state index contributed by atoms with van der Waals surface area (Å²) in [5.74, 6) is 0.0889. The van der Waals surface area contributed by atoms with Gasteiger partial charge in [-0.25, -0.2) is 4.68 Å². The van der Waals surface area contributed by atoms with Crippen LogP contribution in [0.15, 0.2) is 17.6 Å². The zero-order valence-corrected chi connectivity index (χ0v) is 12.0. The van der Waals surface area contributed by atoms with Gasteiger partial charge >= 0.3 is 0 Å². The lowest BCUT2D eigenvalue weighted by Crippen LogP contribution is -2.37. The Morgan fingerprint density at radius 3 is 3.25 bits per heavy atom. The van der Waals surface area contributed by atoms with E-state index in [1.54, 1.807) is 22.2 Å². The van der Waals surface area contributed by atoms with Gasteiger partial charge in [-0.1, -0.05) is 5.21 Å². The van der Waals surface area contributed by atoms with Crippen LogP contribution in [0.2, 0.25) is 0 Å². The van der Waals surface area contributed by atoms with Gasteiger partial charge in [-0.3, -0.25) is 4.79 Å². The maximum Gasteiger partial charge on any atom is 0.244 e. The van der Waals surface area contributed by atoms with Crippen molar-refractivity contribution < 1.29 is 4.79 Å². The first-order chi connectivity index (χ1) is 9.76. The molecule has 0 bridgehead atoms. The summed E-state index contributed by atoms with van der Waals surface area (Å²) in [6.07, 6.45) is 3.44. The number of thiophene rings is 1. The minimum absolute atomic E-state index is 0.0889. The second-order valence-electron chi connectivity index (χ2n) is 4.88. The number of nitrogens with zero attached hydrogens (tertiary/aromatic N) is 4. The Bertz CT molecular complexity index is 605. The molecule has 0 saturated carbocycles. The zero-order chi connectivity index (χ0) is 13.9. The van der Waals surface area contributed by atoms with Gasteiger partial charge in [-0.15, -0.1) is 16.4 Å². The molecule has 1 aliphatic rings. The van der Waals surface area contributed by atoms with Crippen LogP contribution in [0.5, 0.6) is 0 Å². The van der Waals surface area contributed by atoms with E-state index >= 15 is 0 Å². The number of carbonyl (C=O) groups is 1. The van der Waals surface area contributed by atoms with E-state index in [1.165, 1.54) is 10.4 Å². The first-order valence-corrected chi connectivity index (χ1v) is 7.56. The maximum absolute atomic E-state index is 12.3. The summed E-state index contributed by atoms with van der Waals surface area (Å²) in [6.45, 7) is 2.29. The molecule has 3 heterocycles. The zero-order valence-electron chi connectivity index (χ0n) is 11.2. The van der Waals surface area contributed by atoms with Gasteiger partial charge < -0.3 is 10.6 Å². The van der Waals surface area contributed by atoms with Crippen molar-refractivity contribution >= 4 is 17.2 Å². The molecule has 1 amide bonds. The monoisotopic (exact) mass is 291 g/mol. The number of rotatable bonds is 4. The Kier molecular flexibility index (Phi) is 3.79. The number of fused-ring (bicyclic) bond motifs is 1. The van der Waals surface area contributed by atoms with Crippen LogP contribution in [0.3, 0.4) is 0 Å². The van der Waals surface area contributed by atoms with Crippen LogP contribution >= 0.6 is 11.3 Å². The minimum Gasteiger partial charge on any atom is -0.336 e. The molecule has 2 aromatic heterocycles. The second-order valence-corrected chi connectivity index (χ2v) is 5.88. The molecule has 0 aliphatic carbocycles. The Morgan fingerprint density at radius 2 is 2.40 bits per heavy atom. The first-order valence-electron chi connectivity index (χ1n) is 6.68. The van der Waals surface area contributed by atoms with E-state index in [4.69, 9.17) is 5.73 Å². The molecule has 3 rings (SSSR count). The molecule has 1 aliphatic heterocycles. The van der Waals surface area contributed by atoms with E-state index in [1.807, 2.05) is 4.90 Å². The highest BCUT2D eigenvalue weighted by Crippen LogP contribution is 2.24. The second kappa shape index (κ2) is 5.72. The van der Waals surface area contributed by atoms with Crippen molar-refractivity contribution in [3.63, 3.8) is 0 Å². The fraction of sp³-hybridized carbons (Fsp3) is 0.462. The number of hydrogen-bond donors (Lipinski definition) is 1. The molecule has 0 fully saturated rings. The molecule has 2 N–H and O–H groups in total. The van der Waals surface area contributed by atoms with Crippen molar-refractivity contribution in [1.82, 2.24) is 19.9 Å². The van der Waals surface area contributed by atoms with Gasteiger partial charge in [0.1, 0.15) is 6.54 Å². The Morgan fingerprint density at radius 1 is 1.50 bits per heavy atom. The smallest absolute Gasteiger partial charge is 0.244 e. The normalized spacial score (nSPS) is 14.3. The highest BCUT2D eigenvalue weighted by atomic mass is 32.1. The van der Waals surface area contributed by atoms with Gasteiger partial charge in [-0.05, 0) is 30.0 Å². The quantitative estimate of drug-likeness (QED) is 0.886. The molecule has 7 heteroatoms.